The van der Waals surface area contributed by atoms with Crippen LogP contribution < -0.4 is 0 Å². The molecule has 2 unspecified atom stereocenters. The van der Waals surface area contributed by atoms with E-state index in [2.05, 4.69) is 9.55 Å². The van der Waals surface area contributed by atoms with Crippen molar-refractivity contribution in [3.8, 4) is 5.69 Å². The minimum atomic E-state index is -0.448. The van der Waals surface area contributed by atoms with Gasteiger partial charge in [-0.15, -0.1) is 0 Å². The lowest BCUT2D eigenvalue weighted by Gasteiger charge is -2.34. The van der Waals surface area contributed by atoms with Crippen molar-refractivity contribution in [2.45, 2.75) is 26.4 Å². The first-order valence-electron chi connectivity index (χ1n) is 9.06. The minimum absolute atomic E-state index is 0.0373. The van der Waals surface area contributed by atoms with E-state index in [1.807, 2.05) is 62.4 Å². The molecule has 0 bridgehead atoms. The Morgan fingerprint density at radius 1 is 1.19 bits per heavy atom. The number of para-hydroxylation sites is 1. The lowest BCUT2D eigenvalue weighted by Crippen LogP contribution is -2.45. The Hall–Kier alpha value is -2.66. The zero-order valence-electron chi connectivity index (χ0n) is 15.1. The van der Waals surface area contributed by atoms with Crippen molar-refractivity contribution in [2.24, 2.45) is 5.92 Å². The van der Waals surface area contributed by atoms with Crippen LogP contribution in [0, 0.1) is 12.8 Å². The molecule has 0 saturated carbocycles. The van der Waals surface area contributed by atoms with Gasteiger partial charge in [0.15, 0.2) is 0 Å². The van der Waals surface area contributed by atoms with Crippen molar-refractivity contribution in [3.63, 3.8) is 0 Å². The second-order valence-corrected chi connectivity index (χ2v) is 7.12. The Kier molecular flexibility index (Phi) is 4.24. The molecule has 3 aromatic rings. The van der Waals surface area contributed by atoms with E-state index in [1.165, 1.54) is 0 Å². The molecule has 4 rings (SSSR count). The number of aromatic nitrogens is 2. The molecule has 1 aromatic heterocycles. The molecule has 1 amide bonds. The molecule has 2 aromatic carbocycles. The SMILES string of the molecule is Cc1nc2cc(C(=O)N3CCC(C)C(O)C3)ccc2n1-c1ccccc1. The van der Waals surface area contributed by atoms with E-state index in [-0.39, 0.29) is 11.8 Å². The first-order chi connectivity index (χ1) is 12.5. The second kappa shape index (κ2) is 6.57. The highest BCUT2D eigenvalue weighted by Gasteiger charge is 2.28. The van der Waals surface area contributed by atoms with Gasteiger partial charge in [-0.05, 0) is 49.6 Å². The van der Waals surface area contributed by atoms with Crippen LogP contribution in [-0.4, -0.2) is 44.7 Å². The number of likely N-dealkylation sites (tertiary alicyclic amines) is 1. The number of carbonyl (C=O) groups is 1. The molecule has 0 radical (unpaired) electrons. The lowest BCUT2D eigenvalue weighted by atomic mass is 9.95. The van der Waals surface area contributed by atoms with Gasteiger partial charge in [0.2, 0.25) is 0 Å². The van der Waals surface area contributed by atoms with Crippen molar-refractivity contribution in [3.05, 3.63) is 59.9 Å². The van der Waals surface area contributed by atoms with E-state index < -0.39 is 6.10 Å². The van der Waals surface area contributed by atoms with Crippen LogP contribution in [0.5, 0.6) is 0 Å². The van der Waals surface area contributed by atoms with E-state index >= 15 is 0 Å². The summed E-state index contributed by atoms with van der Waals surface area (Å²) in [6, 6.07) is 15.8. The average molecular weight is 349 g/mol. The number of carbonyl (C=O) groups excluding carboxylic acids is 1. The van der Waals surface area contributed by atoms with Gasteiger partial charge in [0.25, 0.3) is 5.91 Å². The second-order valence-electron chi connectivity index (χ2n) is 7.12. The smallest absolute Gasteiger partial charge is 0.254 e. The number of β-amino-alcohol motifs (C(OH)–C–C–N with tert-alkyl or cyclic N) is 1. The quantitative estimate of drug-likeness (QED) is 0.773. The predicted molar refractivity (Wildman–Crippen MR) is 101 cm³/mol. The number of hydrogen-bond donors (Lipinski definition) is 1. The van der Waals surface area contributed by atoms with Gasteiger partial charge in [-0.3, -0.25) is 9.36 Å². The molecule has 1 N–H and O–H groups in total. The van der Waals surface area contributed by atoms with Gasteiger partial charge in [-0.2, -0.15) is 0 Å². The zero-order valence-corrected chi connectivity index (χ0v) is 15.1. The molecule has 1 fully saturated rings. The van der Waals surface area contributed by atoms with Crippen LogP contribution in [0.25, 0.3) is 16.7 Å². The van der Waals surface area contributed by atoms with Crippen LogP contribution in [-0.2, 0) is 0 Å². The summed E-state index contributed by atoms with van der Waals surface area (Å²) in [5.74, 6) is 1.09. The van der Waals surface area contributed by atoms with Crippen LogP contribution in [0.4, 0.5) is 0 Å². The third-order valence-electron chi connectivity index (χ3n) is 5.29. The summed E-state index contributed by atoms with van der Waals surface area (Å²) in [6.07, 6.45) is 0.382. The third kappa shape index (κ3) is 2.88. The fourth-order valence-electron chi connectivity index (χ4n) is 3.65. The number of aliphatic hydroxyl groups is 1. The van der Waals surface area contributed by atoms with E-state index in [9.17, 15) is 9.90 Å². The standard InChI is InChI=1S/C21H23N3O2/c1-14-10-11-23(13-20(14)25)21(26)16-8-9-19-18(12-16)22-15(2)24(19)17-6-4-3-5-7-17/h3-9,12,14,20,25H,10-11,13H2,1-2H3. The first kappa shape index (κ1) is 16.8. The number of aliphatic hydroxyl groups excluding tert-OH is 1. The fourth-order valence-corrected chi connectivity index (χ4v) is 3.65. The maximum Gasteiger partial charge on any atom is 0.254 e. The van der Waals surface area contributed by atoms with Gasteiger partial charge in [0.1, 0.15) is 5.82 Å². The molecule has 1 aliphatic rings. The summed E-state index contributed by atoms with van der Waals surface area (Å²) in [6.45, 7) is 5.08. The van der Waals surface area contributed by atoms with E-state index in [0.717, 1.165) is 29.0 Å². The molecule has 0 aliphatic carbocycles. The largest absolute Gasteiger partial charge is 0.391 e. The van der Waals surface area contributed by atoms with Crippen molar-refractivity contribution in [2.75, 3.05) is 13.1 Å². The van der Waals surface area contributed by atoms with E-state index in [0.29, 0.717) is 18.7 Å². The molecular formula is C21H23N3O2. The van der Waals surface area contributed by atoms with Gasteiger partial charge >= 0.3 is 0 Å². The number of benzene rings is 2. The maximum atomic E-state index is 12.8. The summed E-state index contributed by atoms with van der Waals surface area (Å²) in [4.78, 5) is 19.2. The first-order valence-corrected chi connectivity index (χ1v) is 9.06. The van der Waals surface area contributed by atoms with Crippen LogP contribution in [0.15, 0.2) is 48.5 Å². The molecule has 1 aliphatic heterocycles. The Morgan fingerprint density at radius 2 is 1.96 bits per heavy atom. The topological polar surface area (TPSA) is 58.4 Å². The van der Waals surface area contributed by atoms with Crippen LogP contribution in [0.3, 0.4) is 0 Å². The number of aryl methyl sites for hydroxylation is 1. The van der Waals surface area contributed by atoms with Gasteiger partial charge in [-0.25, -0.2) is 4.98 Å². The number of piperidine rings is 1. The number of rotatable bonds is 2. The summed E-state index contributed by atoms with van der Waals surface area (Å²) < 4.78 is 2.09. The third-order valence-corrected chi connectivity index (χ3v) is 5.29. The van der Waals surface area contributed by atoms with E-state index in [1.54, 1.807) is 4.90 Å². The Morgan fingerprint density at radius 3 is 2.69 bits per heavy atom. The van der Waals surface area contributed by atoms with Gasteiger partial charge < -0.3 is 10.0 Å². The van der Waals surface area contributed by atoms with Crippen molar-refractivity contribution in [1.29, 1.82) is 0 Å². The Balaban J connectivity index is 1.68. The molecule has 26 heavy (non-hydrogen) atoms. The molecule has 5 nitrogen and oxygen atoms in total. The van der Waals surface area contributed by atoms with Crippen LogP contribution in [0.1, 0.15) is 29.5 Å². The molecule has 0 spiro atoms. The van der Waals surface area contributed by atoms with Gasteiger partial charge in [-0.1, -0.05) is 25.1 Å². The highest BCUT2D eigenvalue weighted by atomic mass is 16.3. The molecule has 2 atom stereocenters. The average Bonchev–Trinajstić information content (AvgIpc) is 2.99. The number of nitrogens with zero attached hydrogens (tertiary/aromatic N) is 3. The minimum Gasteiger partial charge on any atom is -0.391 e. The normalized spacial score (nSPS) is 20.5. The molecule has 2 heterocycles. The highest BCUT2D eigenvalue weighted by molar-refractivity contribution is 5.97. The summed E-state index contributed by atoms with van der Waals surface area (Å²) in [7, 11) is 0. The monoisotopic (exact) mass is 349 g/mol. The molecule has 5 heteroatoms. The summed E-state index contributed by atoms with van der Waals surface area (Å²) in [5.41, 5.74) is 3.47. The van der Waals surface area contributed by atoms with Crippen molar-refractivity contribution < 1.29 is 9.90 Å². The van der Waals surface area contributed by atoms with Crippen molar-refractivity contribution >= 4 is 16.9 Å². The molecule has 134 valence electrons. The van der Waals surface area contributed by atoms with Gasteiger partial charge in [0, 0.05) is 24.3 Å². The fraction of sp³-hybridized carbons (Fsp3) is 0.333. The number of imidazole rings is 1. The van der Waals surface area contributed by atoms with Crippen LogP contribution in [0.2, 0.25) is 0 Å². The van der Waals surface area contributed by atoms with Crippen LogP contribution >= 0.6 is 0 Å². The number of hydrogen-bond acceptors (Lipinski definition) is 3. The summed E-state index contributed by atoms with van der Waals surface area (Å²) >= 11 is 0. The predicted octanol–water partition coefficient (Wildman–Crippen LogP) is 3.18. The number of fused-ring (bicyclic) bond motifs is 1. The Bertz CT molecular complexity index is 949. The molecular weight excluding hydrogens is 326 g/mol. The highest BCUT2D eigenvalue weighted by Crippen LogP contribution is 2.24. The summed E-state index contributed by atoms with van der Waals surface area (Å²) in [5, 5.41) is 10.1. The van der Waals surface area contributed by atoms with Gasteiger partial charge in [0.05, 0.1) is 17.1 Å². The lowest BCUT2D eigenvalue weighted by molar-refractivity contribution is 0.0249. The maximum absolute atomic E-state index is 12.8. The zero-order chi connectivity index (χ0) is 18.3. The number of amides is 1. The Labute approximate surface area is 152 Å². The van der Waals surface area contributed by atoms with Crippen molar-refractivity contribution in [1.82, 2.24) is 14.5 Å². The molecule has 1 saturated heterocycles. The van der Waals surface area contributed by atoms with E-state index in [4.69, 9.17) is 0 Å².